The van der Waals surface area contributed by atoms with E-state index in [1.807, 2.05) is 0 Å². The minimum Gasteiger partial charge on any atom is -0.478 e. The summed E-state index contributed by atoms with van der Waals surface area (Å²) in [6.45, 7) is 0. The molecule has 20 heavy (non-hydrogen) atoms. The van der Waals surface area contributed by atoms with Crippen LogP contribution in [0.1, 0.15) is 10.4 Å². The van der Waals surface area contributed by atoms with Crippen molar-refractivity contribution in [1.82, 2.24) is 19.9 Å². The molecule has 102 valence electrons. The lowest BCUT2D eigenvalue weighted by molar-refractivity contribution is 0.0697. The number of rotatable bonds is 1. The average molecular weight is 311 g/mol. The molecule has 1 aromatic carbocycles. The van der Waals surface area contributed by atoms with E-state index >= 15 is 0 Å². The smallest absolute Gasteiger partial charge is 0.335 e. The van der Waals surface area contributed by atoms with Crippen LogP contribution in [0.4, 0.5) is 0 Å². The van der Waals surface area contributed by atoms with E-state index in [4.69, 9.17) is 28.3 Å². The number of nitrogens with one attached hydrogen (secondary N) is 1. The number of nitrogens with zero attached hydrogens (tertiary/aromatic N) is 3. The second-order valence-corrected chi connectivity index (χ2v) is 4.25. The Morgan fingerprint density at radius 2 is 1.85 bits per heavy atom. The molecule has 8 heteroatoms. The second-order valence-electron chi connectivity index (χ2n) is 3.56. The van der Waals surface area contributed by atoms with Gasteiger partial charge >= 0.3 is 5.97 Å². The van der Waals surface area contributed by atoms with Crippen LogP contribution >= 0.6 is 23.2 Å². The molecule has 0 atom stereocenters. The molecular formula is C12H8Cl2N4O2. The largest absolute Gasteiger partial charge is 0.478 e. The van der Waals surface area contributed by atoms with Gasteiger partial charge in [0.05, 0.1) is 11.9 Å². The first kappa shape index (κ1) is 14.2. The minimum absolute atomic E-state index is 0.106. The molecule has 0 aliphatic carbocycles. The van der Waals surface area contributed by atoms with Crippen molar-refractivity contribution in [1.29, 1.82) is 0 Å². The van der Waals surface area contributed by atoms with E-state index in [0.717, 1.165) is 0 Å². The van der Waals surface area contributed by atoms with Crippen LogP contribution in [0.5, 0.6) is 0 Å². The molecule has 0 amide bonds. The zero-order chi connectivity index (χ0) is 14.5. The van der Waals surface area contributed by atoms with Gasteiger partial charge in [-0.05, 0) is 23.7 Å². The van der Waals surface area contributed by atoms with E-state index in [1.165, 1.54) is 6.33 Å². The van der Waals surface area contributed by atoms with Gasteiger partial charge in [-0.1, -0.05) is 29.8 Å². The van der Waals surface area contributed by atoms with Gasteiger partial charge in [0.15, 0.2) is 10.8 Å². The Labute approximate surface area is 123 Å². The van der Waals surface area contributed by atoms with Gasteiger partial charge in [-0.25, -0.2) is 14.8 Å². The summed E-state index contributed by atoms with van der Waals surface area (Å²) in [5.74, 6) is -0.879. The number of imidazole rings is 1. The fourth-order valence-electron chi connectivity index (χ4n) is 1.35. The van der Waals surface area contributed by atoms with Crippen LogP contribution in [0.3, 0.4) is 0 Å². The Hall–Kier alpha value is -2.18. The summed E-state index contributed by atoms with van der Waals surface area (Å²) in [5.41, 5.74) is 1.42. The summed E-state index contributed by atoms with van der Waals surface area (Å²) in [7, 11) is 0. The maximum Gasteiger partial charge on any atom is 0.335 e. The molecule has 0 saturated heterocycles. The number of fused-ring (bicyclic) bond motifs is 1. The van der Waals surface area contributed by atoms with Crippen molar-refractivity contribution >= 4 is 40.3 Å². The molecule has 3 rings (SSSR count). The molecule has 0 bridgehead atoms. The average Bonchev–Trinajstić information content (AvgIpc) is 2.89. The third-order valence-corrected chi connectivity index (χ3v) is 2.68. The van der Waals surface area contributed by atoms with E-state index in [0.29, 0.717) is 16.7 Å². The van der Waals surface area contributed by atoms with Crippen LogP contribution in [0.15, 0.2) is 36.7 Å². The van der Waals surface area contributed by atoms with Crippen molar-refractivity contribution in [3.8, 4) is 0 Å². The van der Waals surface area contributed by atoms with Crippen molar-refractivity contribution in [3.05, 3.63) is 52.7 Å². The van der Waals surface area contributed by atoms with Crippen molar-refractivity contribution < 1.29 is 9.90 Å². The Morgan fingerprint density at radius 1 is 1.15 bits per heavy atom. The highest BCUT2D eigenvalue weighted by Gasteiger charge is 2.05. The lowest BCUT2D eigenvalue weighted by atomic mass is 10.2. The summed E-state index contributed by atoms with van der Waals surface area (Å²) in [6, 6.07) is 8.30. The monoisotopic (exact) mass is 310 g/mol. The zero-order valence-electron chi connectivity index (χ0n) is 9.92. The summed E-state index contributed by atoms with van der Waals surface area (Å²) in [6.07, 6.45) is 1.49. The zero-order valence-corrected chi connectivity index (χ0v) is 11.4. The summed E-state index contributed by atoms with van der Waals surface area (Å²) in [5, 5.41) is 8.78. The maximum absolute atomic E-state index is 10.2. The van der Waals surface area contributed by atoms with Crippen LogP contribution in [0.25, 0.3) is 11.2 Å². The van der Waals surface area contributed by atoms with E-state index in [-0.39, 0.29) is 10.4 Å². The molecule has 0 radical (unpaired) electrons. The molecule has 0 unspecified atom stereocenters. The first-order valence-electron chi connectivity index (χ1n) is 5.38. The first-order chi connectivity index (χ1) is 9.58. The van der Waals surface area contributed by atoms with Gasteiger partial charge in [0.2, 0.25) is 5.28 Å². The van der Waals surface area contributed by atoms with E-state index in [9.17, 15) is 4.79 Å². The highest BCUT2D eigenvalue weighted by molar-refractivity contribution is 6.35. The molecule has 2 heterocycles. The third-order valence-electron chi connectivity index (χ3n) is 2.23. The highest BCUT2D eigenvalue weighted by atomic mass is 35.5. The number of aromatic nitrogens is 4. The quantitative estimate of drug-likeness (QED) is 0.532. The molecule has 6 nitrogen and oxygen atoms in total. The van der Waals surface area contributed by atoms with Crippen LogP contribution in [0.2, 0.25) is 10.4 Å². The van der Waals surface area contributed by atoms with E-state index < -0.39 is 5.97 Å². The summed E-state index contributed by atoms with van der Waals surface area (Å²) >= 11 is 11.2. The van der Waals surface area contributed by atoms with Crippen LogP contribution < -0.4 is 0 Å². The van der Waals surface area contributed by atoms with Gasteiger partial charge < -0.3 is 10.1 Å². The van der Waals surface area contributed by atoms with Crippen molar-refractivity contribution in [3.63, 3.8) is 0 Å². The number of carboxylic acids is 1. The van der Waals surface area contributed by atoms with Gasteiger partial charge in [-0.15, -0.1) is 0 Å². The van der Waals surface area contributed by atoms with Crippen LogP contribution in [0, 0.1) is 0 Å². The predicted molar refractivity (Wildman–Crippen MR) is 75.1 cm³/mol. The van der Waals surface area contributed by atoms with Gasteiger partial charge in [-0.3, -0.25) is 0 Å². The van der Waals surface area contributed by atoms with Crippen LogP contribution in [-0.2, 0) is 0 Å². The third kappa shape index (κ3) is 3.43. The molecular weight excluding hydrogens is 303 g/mol. The van der Waals surface area contributed by atoms with E-state index in [1.54, 1.807) is 30.3 Å². The van der Waals surface area contributed by atoms with Crippen molar-refractivity contribution in [2.75, 3.05) is 0 Å². The Bertz CT molecular complexity index is 731. The van der Waals surface area contributed by atoms with Gasteiger partial charge in [0.1, 0.15) is 5.52 Å². The first-order valence-corrected chi connectivity index (χ1v) is 6.14. The summed E-state index contributed by atoms with van der Waals surface area (Å²) in [4.78, 5) is 24.4. The number of benzene rings is 1. The molecule has 2 aromatic heterocycles. The number of hydrogen-bond acceptors (Lipinski definition) is 4. The lowest BCUT2D eigenvalue weighted by Crippen LogP contribution is -1.93. The topological polar surface area (TPSA) is 91.8 Å². The Morgan fingerprint density at radius 3 is 2.45 bits per heavy atom. The molecule has 3 aromatic rings. The standard InChI is InChI=1S/C7H6O2.C5H2Cl2N4/c8-7(9)6-4-2-1-3-5-6;6-3-2-4(9-1-8-2)11-5(7)10-3/h1-5H,(H,8,9);1H,(H,8,9,10,11). The molecule has 0 aliphatic heterocycles. The summed E-state index contributed by atoms with van der Waals surface area (Å²) < 4.78 is 0. The Kier molecular flexibility index (Phi) is 4.49. The highest BCUT2D eigenvalue weighted by Crippen LogP contribution is 2.17. The number of aromatic amines is 1. The van der Waals surface area contributed by atoms with Crippen molar-refractivity contribution in [2.24, 2.45) is 0 Å². The molecule has 0 aliphatic rings. The van der Waals surface area contributed by atoms with Crippen molar-refractivity contribution in [2.45, 2.75) is 0 Å². The molecule has 0 saturated carbocycles. The lowest BCUT2D eigenvalue weighted by Gasteiger charge is -1.90. The van der Waals surface area contributed by atoms with Gasteiger partial charge in [0, 0.05) is 0 Å². The number of hydrogen-bond donors (Lipinski definition) is 2. The number of H-pyrrole nitrogens is 1. The normalized spacial score (nSPS) is 9.90. The predicted octanol–water partition coefficient (Wildman–Crippen LogP) is 3.04. The fourth-order valence-corrected chi connectivity index (χ4v) is 1.78. The molecule has 0 fully saturated rings. The van der Waals surface area contributed by atoms with Crippen LogP contribution in [-0.4, -0.2) is 31.0 Å². The minimum atomic E-state index is -0.879. The number of halogens is 2. The van der Waals surface area contributed by atoms with E-state index in [2.05, 4.69) is 19.9 Å². The maximum atomic E-state index is 10.2. The second kappa shape index (κ2) is 6.31. The number of aromatic carboxylic acids is 1. The number of carboxylic acid groups (broad SMARTS) is 1. The number of carbonyl (C=O) groups is 1. The van der Waals surface area contributed by atoms with Gasteiger partial charge in [0.25, 0.3) is 0 Å². The van der Waals surface area contributed by atoms with Gasteiger partial charge in [-0.2, -0.15) is 4.98 Å². The molecule has 0 spiro atoms. The Balaban J connectivity index is 0.000000151. The SMILES string of the molecule is Clc1nc(Cl)c2[nH]cnc2n1.O=C(O)c1ccccc1. The fraction of sp³-hybridized carbons (Fsp3) is 0. The molecule has 2 N–H and O–H groups in total.